The summed E-state index contributed by atoms with van der Waals surface area (Å²) < 4.78 is 5.03. The van der Waals surface area contributed by atoms with E-state index < -0.39 is 5.41 Å². The van der Waals surface area contributed by atoms with Gasteiger partial charge in [-0.15, -0.1) is 0 Å². The molecule has 3 aliphatic rings. The van der Waals surface area contributed by atoms with Crippen LogP contribution in [0.4, 0.5) is 0 Å². The molecule has 0 saturated carbocycles. The summed E-state index contributed by atoms with van der Waals surface area (Å²) in [5.74, 6) is 0.424. The van der Waals surface area contributed by atoms with Gasteiger partial charge in [0.2, 0.25) is 0 Å². The van der Waals surface area contributed by atoms with Gasteiger partial charge in [0, 0.05) is 42.9 Å². The molecule has 0 bridgehead atoms. The fourth-order valence-electron chi connectivity index (χ4n) is 11.8. The van der Waals surface area contributed by atoms with Crippen molar-refractivity contribution in [1.29, 1.82) is 0 Å². The fourth-order valence-corrected chi connectivity index (χ4v) is 13.2. The van der Waals surface area contributed by atoms with Crippen molar-refractivity contribution in [3.8, 4) is 22.5 Å². The lowest BCUT2D eigenvalue weighted by Crippen LogP contribution is -2.37. The summed E-state index contributed by atoms with van der Waals surface area (Å²) in [4.78, 5) is 2.66. The van der Waals surface area contributed by atoms with E-state index in [0.29, 0.717) is 5.92 Å². The van der Waals surface area contributed by atoms with Crippen molar-refractivity contribution in [3.05, 3.63) is 239 Å². The number of nitrogens with zero attached hydrogens (tertiary/aromatic N) is 2. The SMILES string of the molecule is c1ccc2c(c1)Sc1c(ccc3c1c1ccccc1n3-c1ccc(CCC3c4ccccc4-c4ccccc43)cc1)C21c2ccccc2-n2c3ccccc3c3cccc1c32. The summed E-state index contributed by atoms with van der Waals surface area (Å²) in [6.07, 6.45) is 2.12. The van der Waals surface area contributed by atoms with Crippen LogP contribution in [-0.4, -0.2) is 9.13 Å². The predicted molar refractivity (Wildman–Crippen MR) is 253 cm³/mol. The van der Waals surface area contributed by atoms with Crippen LogP contribution >= 0.6 is 11.8 Å². The van der Waals surface area contributed by atoms with Crippen molar-refractivity contribution in [2.75, 3.05) is 0 Å². The first-order valence-corrected chi connectivity index (χ1v) is 22.3. The summed E-state index contributed by atoms with van der Waals surface area (Å²) in [5, 5.41) is 5.21. The first kappa shape index (κ1) is 33.7. The van der Waals surface area contributed by atoms with Gasteiger partial charge in [-0.3, -0.25) is 0 Å². The molecule has 2 aliphatic heterocycles. The molecular formula is C58H38N2S. The van der Waals surface area contributed by atoms with Crippen LogP contribution in [0.3, 0.4) is 0 Å². The zero-order valence-corrected chi connectivity index (χ0v) is 34.2. The standard InChI is InChI=1S/C58H38N2S/c1-3-16-40-38(14-1)39-15-2-4-17-41(39)42(40)33-30-36-28-31-37(32-29-36)59-51-25-10-6-19-45(51)55-53(59)35-34-49-57(55)61-54-27-12-8-22-47(54)58(49)46-21-7-11-26-52(46)60-50-24-9-5-18-43(50)44-20-13-23-48(58)56(44)60/h1-29,31-32,34-35,42H,30,33H2. The van der Waals surface area contributed by atoms with Crippen LogP contribution in [0.25, 0.3) is 66.1 Å². The van der Waals surface area contributed by atoms with Crippen molar-refractivity contribution >= 4 is 55.4 Å². The number of para-hydroxylation sites is 4. The Labute approximate surface area is 358 Å². The number of hydrogen-bond donors (Lipinski definition) is 0. The first-order chi connectivity index (χ1) is 30.3. The van der Waals surface area contributed by atoms with Gasteiger partial charge in [-0.2, -0.15) is 0 Å². The van der Waals surface area contributed by atoms with Crippen LogP contribution in [0.15, 0.2) is 210 Å². The van der Waals surface area contributed by atoms with Crippen molar-refractivity contribution < 1.29 is 0 Å². The van der Waals surface area contributed by atoms with Gasteiger partial charge in [-0.1, -0.05) is 169 Å². The molecule has 286 valence electrons. The van der Waals surface area contributed by atoms with Crippen molar-refractivity contribution in [3.63, 3.8) is 0 Å². The molecule has 4 heterocycles. The summed E-state index contributed by atoms with van der Waals surface area (Å²) in [6.45, 7) is 0. The third kappa shape index (κ3) is 4.39. The Balaban J connectivity index is 0.953. The van der Waals surface area contributed by atoms with E-state index in [-0.39, 0.29) is 0 Å². The van der Waals surface area contributed by atoms with Crippen molar-refractivity contribution in [2.24, 2.45) is 0 Å². The molecule has 14 rings (SSSR count). The van der Waals surface area contributed by atoms with Crippen LogP contribution in [0.1, 0.15) is 51.3 Å². The van der Waals surface area contributed by atoms with Gasteiger partial charge < -0.3 is 9.13 Å². The third-order valence-electron chi connectivity index (χ3n) is 14.2. The van der Waals surface area contributed by atoms with E-state index in [9.17, 15) is 0 Å². The smallest absolute Gasteiger partial charge is 0.0764 e. The number of aromatic nitrogens is 2. The topological polar surface area (TPSA) is 9.86 Å². The highest BCUT2D eigenvalue weighted by Gasteiger charge is 2.50. The molecule has 0 N–H and O–H groups in total. The van der Waals surface area contributed by atoms with Crippen molar-refractivity contribution in [1.82, 2.24) is 9.13 Å². The van der Waals surface area contributed by atoms with E-state index >= 15 is 0 Å². The second kappa shape index (κ2) is 12.5. The van der Waals surface area contributed by atoms with Crippen LogP contribution in [-0.2, 0) is 11.8 Å². The normalized spacial score (nSPS) is 15.9. The molecule has 0 fully saturated rings. The fraction of sp³-hybridized carbons (Fsp3) is 0.0690. The molecule has 0 saturated heterocycles. The van der Waals surface area contributed by atoms with Gasteiger partial charge >= 0.3 is 0 Å². The summed E-state index contributed by atoms with van der Waals surface area (Å²) in [6, 6.07) is 75.6. The first-order valence-electron chi connectivity index (χ1n) is 21.5. The Morgan fingerprint density at radius 3 is 1.87 bits per heavy atom. The molecule has 11 aromatic rings. The van der Waals surface area contributed by atoms with E-state index in [1.807, 2.05) is 11.8 Å². The van der Waals surface area contributed by atoms with Crippen molar-refractivity contribution in [2.45, 2.75) is 34.0 Å². The van der Waals surface area contributed by atoms with Crippen LogP contribution in [0, 0.1) is 0 Å². The van der Waals surface area contributed by atoms with E-state index in [0.717, 1.165) is 12.8 Å². The van der Waals surface area contributed by atoms with Gasteiger partial charge in [0.05, 0.1) is 33.2 Å². The molecule has 2 aromatic heterocycles. The zero-order chi connectivity index (χ0) is 39.8. The summed E-state index contributed by atoms with van der Waals surface area (Å²) in [5.41, 5.74) is 19.4. The third-order valence-corrected chi connectivity index (χ3v) is 15.4. The minimum Gasteiger partial charge on any atom is -0.309 e. The Hall–Kier alpha value is -7.07. The quantitative estimate of drug-likeness (QED) is 0.173. The number of benzene rings is 9. The molecule has 3 heteroatoms. The number of aryl methyl sites for hydroxylation is 1. The summed E-state index contributed by atoms with van der Waals surface area (Å²) in [7, 11) is 0. The second-order valence-electron chi connectivity index (χ2n) is 17.0. The molecule has 1 atom stereocenters. The van der Waals surface area contributed by atoms with Gasteiger partial charge in [0.15, 0.2) is 0 Å². The maximum atomic E-state index is 2.53. The van der Waals surface area contributed by atoms with E-state index in [4.69, 9.17) is 0 Å². The molecule has 0 amide bonds. The Kier molecular flexibility index (Phi) is 6.90. The monoisotopic (exact) mass is 794 g/mol. The van der Waals surface area contributed by atoms with Gasteiger partial charge in [0.1, 0.15) is 0 Å². The molecule has 1 unspecified atom stereocenters. The maximum Gasteiger partial charge on any atom is 0.0764 e. The molecule has 1 spiro atoms. The Morgan fingerprint density at radius 2 is 1.07 bits per heavy atom. The minimum absolute atomic E-state index is 0.424. The van der Waals surface area contributed by atoms with Gasteiger partial charge in [-0.25, -0.2) is 0 Å². The Bertz CT molecular complexity index is 3600. The predicted octanol–water partition coefficient (Wildman–Crippen LogP) is 14.8. The lowest BCUT2D eigenvalue weighted by molar-refractivity contribution is 0.692. The molecule has 0 radical (unpaired) electrons. The van der Waals surface area contributed by atoms with Gasteiger partial charge in [0.25, 0.3) is 0 Å². The van der Waals surface area contributed by atoms with E-state index in [1.165, 1.54) is 115 Å². The lowest BCUT2D eigenvalue weighted by atomic mass is 9.62. The van der Waals surface area contributed by atoms with E-state index in [2.05, 4.69) is 209 Å². The van der Waals surface area contributed by atoms with E-state index in [1.54, 1.807) is 0 Å². The molecule has 1 aliphatic carbocycles. The van der Waals surface area contributed by atoms with Gasteiger partial charge in [-0.05, 0) is 105 Å². The number of rotatable bonds is 4. The highest BCUT2D eigenvalue weighted by Crippen LogP contribution is 2.62. The summed E-state index contributed by atoms with van der Waals surface area (Å²) >= 11 is 1.94. The maximum absolute atomic E-state index is 2.53. The molecule has 2 nitrogen and oxygen atoms in total. The average molecular weight is 795 g/mol. The average Bonchev–Trinajstić information content (AvgIpc) is 3.96. The highest BCUT2D eigenvalue weighted by atomic mass is 32.2. The number of fused-ring (bicyclic) bond motifs is 18. The molecular weight excluding hydrogens is 757 g/mol. The molecule has 61 heavy (non-hydrogen) atoms. The minimum atomic E-state index is -0.517. The zero-order valence-electron chi connectivity index (χ0n) is 33.3. The van der Waals surface area contributed by atoms with Crippen LogP contribution in [0.5, 0.6) is 0 Å². The van der Waals surface area contributed by atoms with Crippen LogP contribution < -0.4 is 0 Å². The number of hydrogen-bond acceptors (Lipinski definition) is 1. The molecule has 9 aromatic carbocycles. The lowest BCUT2D eigenvalue weighted by Gasteiger charge is -2.45. The van der Waals surface area contributed by atoms with Crippen LogP contribution in [0.2, 0.25) is 0 Å². The largest absolute Gasteiger partial charge is 0.309 e. The second-order valence-corrected chi connectivity index (χ2v) is 18.1. The highest BCUT2D eigenvalue weighted by molar-refractivity contribution is 7.99. The Morgan fingerprint density at radius 1 is 0.443 bits per heavy atom.